The number of imidazole rings is 2. The Kier molecular flexibility index (Phi) is 19.5. The summed E-state index contributed by atoms with van der Waals surface area (Å²) in [5.74, 6) is -0.327. The van der Waals surface area contributed by atoms with Crippen LogP contribution in [0.5, 0.6) is 11.5 Å². The summed E-state index contributed by atoms with van der Waals surface area (Å²) < 4.78 is 18.2. The molecule has 6 aromatic carbocycles. The van der Waals surface area contributed by atoms with Crippen molar-refractivity contribution in [2.75, 3.05) is 27.3 Å². The molecule has 0 atom stereocenters. The lowest BCUT2D eigenvalue weighted by atomic mass is 10.1. The van der Waals surface area contributed by atoms with Crippen LogP contribution in [0.25, 0.3) is 0 Å². The molecular formula is C58H54Br2Cl2N8O9. The number of aromatic nitrogens is 4. The second kappa shape index (κ2) is 26.8. The van der Waals surface area contributed by atoms with E-state index in [1.54, 1.807) is 57.1 Å². The maximum atomic E-state index is 13.6. The molecule has 0 unspecified atom stereocenters. The number of fused-ring (bicyclic) bond motifs is 2. The number of benzene rings is 6. The van der Waals surface area contributed by atoms with Crippen LogP contribution >= 0.6 is 55.1 Å². The van der Waals surface area contributed by atoms with Gasteiger partial charge in [-0.05, 0) is 115 Å². The van der Waals surface area contributed by atoms with E-state index in [1.807, 2.05) is 109 Å². The number of methoxy groups -OCH3 is 2. The van der Waals surface area contributed by atoms with Crippen LogP contribution in [0.15, 0.2) is 164 Å². The maximum Gasteiger partial charge on any atom is 0.335 e. The highest BCUT2D eigenvalue weighted by Gasteiger charge is 2.32. The number of aromatic carboxylic acids is 1. The van der Waals surface area contributed by atoms with Crippen LogP contribution in [0, 0.1) is 0 Å². The number of hydrogen-bond donors (Lipinski definition) is 4. The zero-order chi connectivity index (χ0) is 56.2. The van der Waals surface area contributed by atoms with Crippen molar-refractivity contribution in [3.63, 3.8) is 0 Å². The van der Waals surface area contributed by atoms with E-state index in [2.05, 4.69) is 47.8 Å². The van der Waals surface area contributed by atoms with E-state index in [1.165, 1.54) is 16.7 Å². The number of carboxylic acids is 1. The van der Waals surface area contributed by atoms with Crippen LogP contribution < -0.4 is 36.8 Å². The highest BCUT2D eigenvalue weighted by Crippen LogP contribution is 2.27. The fraction of sp³-hybridized carbons (Fsp3) is 0.207. The number of nitrogens with zero attached hydrogens (tertiary/aromatic N) is 5. The normalized spacial score (nSPS) is 12.4. The van der Waals surface area contributed by atoms with Gasteiger partial charge in [-0.1, -0.05) is 108 Å². The minimum Gasteiger partial charge on any atom is -0.497 e. The number of nitrogens with one attached hydrogen (secondary N) is 3. The summed E-state index contributed by atoms with van der Waals surface area (Å²) >= 11 is 18.4. The van der Waals surface area contributed by atoms with Crippen molar-refractivity contribution in [2.24, 2.45) is 0 Å². The Morgan fingerprint density at radius 1 is 0.582 bits per heavy atom. The van der Waals surface area contributed by atoms with Crippen LogP contribution in [0.4, 0.5) is 0 Å². The third-order valence-corrected chi connectivity index (χ3v) is 15.5. The first-order chi connectivity index (χ1) is 38.1. The summed E-state index contributed by atoms with van der Waals surface area (Å²) in [7, 11) is 3.21. The highest BCUT2D eigenvalue weighted by atomic mass is 79.9. The second-order valence-corrected chi connectivity index (χ2v) is 20.7. The summed E-state index contributed by atoms with van der Waals surface area (Å²) in [6.45, 7) is 3.77. The standard InChI is InChI=1S/C29H26BrClN4O4.C22H24N4O3.C7H4BrClO2/c1-39-22-10-7-19(8-11-22)16-32-27(36)26-25-18-33(28(37)21-9-12-23(30)24(31)15-21)13-14-34(25)29(38)35(26)17-20-5-3-2-4-6-20;1-29-18-9-7-16(8-10-18)13-24-21(27)20-19-14-23-11-12-25(19)22(28)26(20)15-17-5-3-2-4-6-17;8-5-2-1-4(7(10)11)3-6(5)9/h2-12,15H,13-14,16-18H2,1H3,(H,32,36);2-10,23H,11-15H2,1H3,(H,24,27);1-3H,(H,10,11). The Balaban J connectivity index is 0.000000179. The molecule has 408 valence electrons. The van der Waals surface area contributed by atoms with Crippen LogP contribution in [-0.4, -0.2) is 79.3 Å². The molecule has 0 radical (unpaired) electrons. The molecule has 2 aliphatic rings. The van der Waals surface area contributed by atoms with Crippen molar-refractivity contribution >= 4 is 78.8 Å². The Morgan fingerprint density at radius 2 is 1.04 bits per heavy atom. The number of carbonyl (C=O) groups is 4. The molecular weight excluding hydrogens is 1180 g/mol. The van der Waals surface area contributed by atoms with E-state index in [9.17, 15) is 28.8 Å². The maximum absolute atomic E-state index is 13.6. The number of ether oxygens (including phenoxy) is 2. The van der Waals surface area contributed by atoms with Gasteiger partial charge in [0.2, 0.25) is 0 Å². The van der Waals surface area contributed by atoms with Gasteiger partial charge in [0, 0.05) is 60.3 Å². The van der Waals surface area contributed by atoms with E-state index < -0.39 is 5.97 Å². The molecule has 0 saturated heterocycles. The first-order valence-corrected chi connectivity index (χ1v) is 27.2. The Morgan fingerprint density at radius 3 is 1.51 bits per heavy atom. The smallest absolute Gasteiger partial charge is 0.335 e. The Labute approximate surface area is 481 Å². The molecule has 17 nitrogen and oxygen atoms in total. The third kappa shape index (κ3) is 14.1. The third-order valence-electron chi connectivity index (χ3n) is 13.0. The van der Waals surface area contributed by atoms with E-state index in [0.717, 1.165) is 46.0 Å². The Bertz CT molecular complexity index is 3610. The number of carbonyl (C=O) groups excluding carboxylic acids is 3. The zero-order valence-corrected chi connectivity index (χ0v) is 47.6. The van der Waals surface area contributed by atoms with Gasteiger partial charge in [-0.2, -0.15) is 0 Å². The summed E-state index contributed by atoms with van der Waals surface area (Å²) in [6, 6.07) is 43.7. The quantitative estimate of drug-likeness (QED) is 0.0814. The molecule has 0 fully saturated rings. The van der Waals surface area contributed by atoms with E-state index in [0.29, 0.717) is 68.7 Å². The molecule has 21 heteroatoms. The number of amides is 3. The number of halogens is 4. The van der Waals surface area contributed by atoms with Crippen molar-refractivity contribution in [3.8, 4) is 11.5 Å². The van der Waals surface area contributed by atoms with Gasteiger partial charge in [0.05, 0.1) is 60.9 Å². The summed E-state index contributed by atoms with van der Waals surface area (Å²) in [5.41, 5.74) is 5.87. The molecule has 0 saturated carbocycles. The van der Waals surface area contributed by atoms with Crippen LogP contribution in [0.3, 0.4) is 0 Å². The van der Waals surface area contributed by atoms with Gasteiger partial charge in [-0.25, -0.2) is 14.4 Å². The van der Waals surface area contributed by atoms with Gasteiger partial charge in [-0.15, -0.1) is 0 Å². The SMILES string of the molecule is COc1ccc(CNC(=O)c2c3n(c(=O)n2Cc2ccccc2)CCN(C(=O)c2ccc(Br)c(Cl)c2)C3)cc1.COc1ccc(CNC(=O)c2c3n(c(=O)n2Cc2ccccc2)CCNC3)cc1.O=C(O)c1ccc(Br)c(Cl)c1. The van der Waals surface area contributed by atoms with Gasteiger partial charge < -0.3 is 35.4 Å². The van der Waals surface area contributed by atoms with Crippen LogP contribution in [0.2, 0.25) is 10.0 Å². The molecule has 0 bridgehead atoms. The predicted molar refractivity (Wildman–Crippen MR) is 309 cm³/mol. The van der Waals surface area contributed by atoms with Gasteiger partial charge in [0.25, 0.3) is 17.7 Å². The molecule has 79 heavy (non-hydrogen) atoms. The Hall–Kier alpha value is -7.68. The molecule has 2 aromatic heterocycles. The van der Waals surface area contributed by atoms with Gasteiger partial charge in [-0.3, -0.25) is 32.7 Å². The molecule has 4 N–H and O–H groups in total. The molecule has 10 rings (SSSR count). The average Bonchev–Trinajstić information content (AvgIpc) is 4.14. The van der Waals surface area contributed by atoms with Gasteiger partial charge in [0.15, 0.2) is 0 Å². The zero-order valence-electron chi connectivity index (χ0n) is 42.9. The van der Waals surface area contributed by atoms with Gasteiger partial charge in [0.1, 0.15) is 22.9 Å². The summed E-state index contributed by atoms with van der Waals surface area (Å²) in [6.07, 6.45) is 0. The molecule has 0 spiro atoms. The fourth-order valence-electron chi connectivity index (χ4n) is 8.93. The lowest BCUT2D eigenvalue weighted by molar-refractivity contribution is 0.0692. The topological polar surface area (TPSA) is 200 Å². The highest BCUT2D eigenvalue weighted by molar-refractivity contribution is 9.10. The van der Waals surface area contributed by atoms with Crippen molar-refractivity contribution in [3.05, 3.63) is 242 Å². The number of rotatable bonds is 14. The average molecular weight is 1240 g/mol. The first-order valence-electron chi connectivity index (χ1n) is 24.8. The summed E-state index contributed by atoms with van der Waals surface area (Å²) in [4.78, 5) is 78.6. The monoisotopic (exact) mass is 1230 g/mol. The van der Waals surface area contributed by atoms with Gasteiger partial charge >= 0.3 is 17.3 Å². The molecule has 4 heterocycles. The van der Waals surface area contributed by atoms with E-state index >= 15 is 0 Å². The van der Waals surface area contributed by atoms with E-state index in [-0.39, 0.29) is 66.5 Å². The van der Waals surface area contributed by atoms with Crippen LogP contribution in [0.1, 0.15) is 75.3 Å². The van der Waals surface area contributed by atoms with Crippen molar-refractivity contribution in [1.82, 2.24) is 39.1 Å². The number of carboxylic acid groups (broad SMARTS) is 1. The lowest BCUT2D eigenvalue weighted by Gasteiger charge is -2.28. The summed E-state index contributed by atoms with van der Waals surface area (Å²) in [5, 5.41) is 18.5. The molecule has 2 aliphatic heterocycles. The fourth-order valence-corrected chi connectivity index (χ4v) is 9.78. The molecule has 8 aromatic rings. The largest absolute Gasteiger partial charge is 0.497 e. The second-order valence-electron chi connectivity index (χ2n) is 18.1. The lowest BCUT2D eigenvalue weighted by Crippen LogP contribution is -2.41. The molecule has 0 aliphatic carbocycles. The minimum atomic E-state index is -0.973. The predicted octanol–water partition coefficient (Wildman–Crippen LogP) is 9.25. The minimum absolute atomic E-state index is 0.120. The number of hydrogen-bond acceptors (Lipinski definition) is 9. The van der Waals surface area contributed by atoms with Crippen molar-refractivity contribution < 1.29 is 33.8 Å². The van der Waals surface area contributed by atoms with Crippen molar-refractivity contribution in [1.29, 1.82) is 0 Å². The van der Waals surface area contributed by atoms with E-state index in [4.69, 9.17) is 37.8 Å². The van der Waals surface area contributed by atoms with Crippen LogP contribution in [-0.2, 0) is 52.4 Å². The molecule has 3 amide bonds. The van der Waals surface area contributed by atoms with Crippen molar-refractivity contribution in [2.45, 2.75) is 52.4 Å². The first kappa shape index (κ1) is 57.5.